The molecule has 1 aliphatic rings. The van der Waals surface area contributed by atoms with Crippen LogP contribution < -0.4 is 0 Å². The van der Waals surface area contributed by atoms with E-state index in [4.69, 9.17) is 5.10 Å². The third kappa shape index (κ3) is 4.03. The van der Waals surface area contributed by atoms with Crippen LogP contribution in [0.15, 0.2) is 72.4 Å². The third-order valence-electron chi connectivity index (χ3n) is 5.77. The Morgan fingerprint density at radius 2 is 2.00 bits per heavy atom. The predicted octanol–water partition coefficient (Wildman–Crippen LogP) is 5.32. The summed E-state index contributed by atoms with van der Waals surface area (Å²) < 4.78 is 1.81. The van der Waals surface area contributed by atoms with E-state index in [2.05, 4.69) is 24.0 Å². The molecule has 6 heteroatoms. The van der Waals surface area contributed by atoms with Gasteiger partial charge in [-0.25, -0.2) is 9.67 Å². The van der Waals surface area contributed by atoms with Gasteiger partial charge in [-0.15, -0.1) is 11.3 Å². The van der Waals surface area contributed by atoms with Gasteiger partial charge in [-0.1, -0.05) is 42.0 Å². The standard InChI is InChI=1S/C25H24N4OS/c1-18-7-5-8-19(15-18)23-22(17-29(27-23)21-10-3-2-4-11-21)25(30)28-13-6-9-20(16-28)24-26-12-14-31-24/h2-5,7-8,10-12,14-15,17,20H,6,9,13,16H2,1H3. The van der Waals surface area contributed by atoms with Gasteiger partial charge in [0.25, 0.3) is 5.91 Å². The molecule has 0 spiro atoms. The molecule has 1 fully saturated rings. The van der Waals surface area contributed by atoms with Gasteiger partial charge in [-0.3, -0.25) is 4.79 Å². The number of aryl methyl sites for hydroxylation is 1. The molecule has 0 N–H and O–H groups in total. The van der Waals surface area contributed by atoms with Crippen LogP contribution in [0.4, 0.5) is 0 Å². The van der Waals surface area contributed by atoms with E-state index in [0.717, 1.165) is 46.9 Å². The molecule has 2 aromatic carbocycles. The summed E-state index contributed by atoms with van der Waals surface area (Å²) in [5.74, 6) is 0.351. The Bertz CT molecular complexity index is 1180. The van der Waals surface area contributed by atoms with Gasteiger partial charge in [0.2, 0.25) is 0 Å². The summed E-state index contributed by atoms with van der Waals surface area (Å²) in [5, 5.41) is 7.97. The molecule has 0 radical (unpaired) electrons. The Kier molecular flexibility index (Phi) is 5.38. The van der Waals surface area contributed by atoms with Crippen molar-refractivity contribution < 1.29 is 4.79 Å². The topological polar surface area (TPSA) is 51.0 Å². The Morgan fingerprint density at radius 3 is 2.77 bits per heavy atom. The smallest absolute Gasteiger partial charge is 0.257 e. The van der Waals surface area contributed by atoms with Gasteiger partial charge in [0.1, 0.15) is 5.69 Å². The Hall–Kier alpha value is -3.25. The van der Waals surface area contributed by atoms with E-state index in [1.165, 1.54) is 0 Å². The van der Waals surface area contributed by atoms with E-state index in [9.17, 15) is 4.79 Å². The highest BCUT2D eigenvalue weighted by Crippen LogP contribution is 2.31. The molecule has 1 amide bonds. The highest BCUT2D eigenvalue weighted by Gasteiger charge is 2.29. The van der Waals surface area contributed by atoms with E-state index < -0.39 is 0 Å². The zero-order valence-corrected chi connectivity index (χ0v) is 18.3. The van der Waals surface area contributed by atoms with Gasteiger partial charge in [0.05, 0.1) is 16.3 Å². The molecule has 5 rings (SSSR count). The van der Waals surface area contributed by atoms with Crippen molar-refractivity contribution in [2.24, 2.45) is 0 Å². The van der Waals surface area contributed by atoms with Crippen molar-refractivity contribution in [2.45, 2.75) is 25.7 Å². The molecule has 1 atom stereocenters. The number of thiazole rings is 1. The van der Waals surface area contributed by atoms with Crippen LogP contribution in [0.2, 0.25) is 0 Å². The van der Waals surface area contributed by atoms with Crippen LogP contribution in [0.5, 0.6) is 0 Å². The van der Waals surface area contributed by atoms with Crippen LogP contribution in [0.1, 0.15) is 39.7 Å². The molecule has 0 aliphatic carbocycles. The van der Waals surface area contributed by atoms with E-state index in [-0.39, 0.29) is 5.91 Å². The average molecular weight is 429 g/mol. The number of hydrogen-bond acceptors (Lipinski definition) is 4. The number of para-hydroxylation sites is 1. The van der Waals surface area contributed by atoms with Crippen molar-refractivity contribution >= 4 is 17.2 Å². The second kappa shape index (κ2) is 8.47. The Labute approximate surface area is 186 Å². The van der Waals surface area contributed by atoms with Crippen LogP contribution >= 0.6 is 11.3 Å². The minimum absolute atomic E-state index is 0.0416. The maximum absolute atomic E-state index is 13.7. The zero-order valence-electron chi connectivity index (χ0n) is 17.4. The summed E-state index contributed by atoms with van der Waals surface area (Å²) >= 11 is 1.68. The number of carbonyl (C=O) groups is 1. The molecule has 3 heterocycles. The molecule has 4 aromatic rings. The lowest BCUT2D eigenvalue weighted by Gasteiger charge is -2.31. The Morgan fingerprint density at radius 1 is 1.13 bits per heavy atom. The van der Waals surface area contributed by atoms with Gasteiger partial charge in [-0.05, 0) is 38.0 Å². The fourth-order valence-electron chi connectivity index (χ4n) is 4.22. The van der Waals surface area contributed by atoms with Crippen LogP contribution in [0.3, 0.4) is 0 Å². The molecule has 0 saturated carbocycles. The first kappa shape index (κ1) is 19.7. The number of carbonyl (C=O) groups excluding carboxylic acids is 1. The fraction of sp³-hybridized carbons (Fsp3) is 0.240. The van der Waals surface area contributed by atoms with E-state index in [1.54, 1.807) is 11.3 Å². The lowest BCUT2D eigenvalue weighted by Crippen LogP contribution is -2.39. The van der Waals surface area contributed by atoms with Gasteiger partial charge in [0.15, 0.2) is 0 Å². The van der Waals surface area contributed by atoms with Crippen molar-refractivity contribution in [2.75, 3.05) is 13.1 Å². The monoisotopic (exact) mass is 428 g/mol. The van der Waals surface area contributed by atoms with Gasteiger partial charge >= 0.3 is 0 Å². The van der Waals surface area contributed by atoms with Crippen LogP contribution in [0, 0.1) is 6.92 Å². The fourth-order valence-corrected chi connectivity index (χ4v) is 4.99. The number of benzene rings is 2. The van der Waals surface area contributed by atoms with Gasteiger partial charge < -0.3 is 4.90 Å². The number of amides is 1. The number of likely N-dealkylation sites (tertiary alicyclic amines) is 1. The molecular weight excluding hydrogens is 404 g/mol. The van der Waals surface area contributed by atoms with Crippen molar-refractivity contribution in [3.63, 3.8) is 0 Å². The lowest BCUT2D eigenvalue weighted by molar-refractivity contribution is 0.0708. The first-order chi connectivity index (χ1) is 15.2. The molecule has 1 unspecified atom stereocenters. The molecule has 156 valence electrons. The first-order valence-corrected chi connectivity index (χ1v) is 11.5. The highest BCUT2D eigenvalue weighted by atomic mass is 32.1. The number of rotatable bonds is 4. The molecule has 1 saturated heterocycles. The van der Waals surface area contributed by atoms with Crippen LogP contribution in [0.25, 0.3) is 16.9 Å². The van der Waals surface area contributed by atoms with E-state index in [0.29, 0.717) is 18.0 Å². The summed E-state index contributed by atoms with van der Waals surface area (Å²) in [6.45, 7) is 3.53. The first-order valence-electron chi connectivity index (χ1n) is 10.6. The van der Waals surface area contributed by atoms with Crippen LogP contribution in [-0.4, -0.2) is 38.7 Å². The summed E-state index contributed by atoms with van der Waals surface area (Å²) in [6.07, 6.45) is 5.79. The van der Waals surface area contributed by atoms with Crippen molar-refractivity contribution in [1.29, 1.82) is 0 Å². The highest BCUT2D eigenvalue weighted by molar-refractivity contribution is 7.09. The van der Waals surface area contributed by atoms with E-state index >= 15 is 0 Å². The van der Waals surface area contributed by atoms with Crippen molar-refractivity contribution in [1.82, 2.24) is 19.7 Å². The SMILES string of the molecule is Cc1cccc(-c2nn(-c3ccccc3)cc2C(=O)N2CCCC(c3nccs3)C2)c1. The summed E-state index contributed by atoms with van der Waals surface area (Å²) in [6, 6.07) is 18.1. The van der Waals surface area contributed by atoms with Crippen molar-refractivity contribution in [3.05, 3.63) is 88.5 Å². The van der Waals surface area contributed by atoms with Gasteiger partial charge in [-0.2, -0.15) is 5.10 Å². The molecule has 1 aliphatic heterocycles. The maximum Gasteiger partial charge on any atom is 0.257 e. The van der Waals surface area contributed by atoms with Crippen molar-refractivity contribution in [3.8, 4) is 16.9 Å². The molecule has 0 bridgehead atoms. The van der Waals surface area contributed by atoms with Crippen LogP contribution in [-0.2, 0) is 0 Å². The predicted molar refractivity (Wildman–Crippen MR) is 124 cm³/mol. The van der Waals surface area contributed by atoms with E-state index in [1.807, 2.05) is 69.8 Å². The quantitative estimate of drug-likeness (QED) is 0.442. The number of aromatic nitrogens is 3. The third-order valence-corrected chi connectivity index (χ3v) is 6.70. The molecule has 5 nitrogen and oxygen atoms in total. The average Bonchev–Trinajstić information content (AvgIpc) is 3.50. The molecule has 2 aromatic heterocycles. The zero-order chi connectivity index (χ0) is 21.2. The summed E-state index contributed by atoms with van der Waals surface area (Å²) in [5.41, 5.74) is 4.43. The molecular formula is C25H24N4OS. The largest absolute Gasteiger partial charge is 0.338 e. The Balaban J connectivity index is 1.52. The summed E-state index contributed by atoms with van der Waals surface area (Å²) in [7, 11) is 0. The summed E-state index contributed by atoms with van der Waals surface area (Å²) in [4.78, 5) is 20.2. The number of nitrogens with zero attached hydrogens (tertiary/aromatic N) is 4. The maximum atomic E-state index is 13.7. The number of hydrogen-bond donors (Lipinski definition) is 0. The minimum Gasteiger partial charge on any atom is -0.338 e. The second-order valence-electron chi connectivity index (χ2n) is 8.00. The minimum atomic E-state index is 0.0416. The second-order valence-corrected chi connectivity index (χ2v) is 8.93. The lowest BCUT2D eigenvalue weighted by atomic mass is 9.97. The molecule has 31 heavy (non-hydrogen) atoms. The van der Waals surface area contributed by atoms with Gasteiger partial charge in [0, 0.05) is 42.3 Å². The number of piperidine rings is 1. The normalized spacial score (nSPS) is 16.4.